The summed E-state index contributed by atoms with van der Waals surface area (Å²) in [4.78, 5) is 10.2. The minimum atomic E-state index is -0.962. The number of hydrogen-bond acceptors (Lipinski definition) is 2. The maximum atomic E-state index is 10.2. The van der Waals surface area contributed by atoms with E-state index in [4.69, 9.17) is 21.4 Å². The summed E-state index contributed by atoms with van der Waals surface area (Å²) >= 11 is 5.83. The maximum absolute atomic E-state index is 10.2. The molecule has 0 aromatic heterocycles. The van der Waals surface area contributed by atoms with E-state index in [2.05, 4.69) is 0 Å². The van der Waals surface area contributed by atoms with Gasteiger partial charge in [0.2, 0.25) is 0 Å². The fourth-order valence-electron chi connectivity index (χ4n) is 1.05. The van der Waals surface area contributed by atoms with E-state index in [-0.39, 0.29) is 6.61 Å². The normalized spacial score (nSPS) is 10.1. The first-order chi connectivity index (χ1) is 6.59. The minimum absolute atomic E-state index is 0.276. The molecular weight excluding hydrogens is 204 g/mol. The Labute approximate surface area is 87.3 Å². The van der Waals surface area contributed by atoms with Crippen LogP contribution in [0.4, 0.5) is 0 Å². The molecule has 0 spiro atoms. The molecule has 0 saturated heterocycles. The van der Waals surface area contributed by atoms with E-state index in [1.807, 2.05) is 19.1 Å². The molecule has 0 unspecified atom stereocenters. The van der Waals surface area contributed by atoms with Gasteiger partial charge < -0.3 is 9.84 Å². The van der Waals surface area contributed by atoms with E-state index in [9.17, 15) is 4.79 Å². The molecule has 0 aliphatic rings. The number of rotatable bonds is 4. The van der Waals surface area contributed by atoms with Gasteiger partial charge in [-0.2, -0.15) is 0 Å². The highest BCUT2D eigenvalue weighted by Crippen LogP contribution is 2.16. The largest absolute Gasteiger partial charge is 0.480 e. The Balaban J connectivity index is 2.51. The van der Waals surface area contributed by atoms with E-state index in [1.54, 1.807) is 6.07 Å². The maximum Gasteiger partial charge on any atom is 0.329 e. The summed E-state index contributed by atoms with van der Waals surface area (Å²) in [6, 6.07) is 5.47. The number of hydrogen-bond donors (Lipinski definition) is 1. The van der Waals surface area contributed by atoms with Crippen molar-refractivity contribution in [3.8, 4) is 0 Å². The Kier molecular flexibility index (Phi) is 3.92. The number of aliphatic carboxylic acids is 1. The first kappa shape index (κ1) is 11.0. The van der Waals surface area contributed by atoms with Gasteiger partial charge in [-0.25, -0.2) is 4.79 Å². The van der Waals surface area contributed by atoms with Gasteiger partial charge in [0.05, 0.1) is 6.61 Å². The van der Waals surface area contributed by atoms with Gasteiger partial charge in [0.1, 0.15) is 6.61 Å². The van der Waals surface area contributed by atoms with Crippen LogP contribution in [0.15, 0.2) is 18.2 Å². The van der Waals surface area contributed by atoms with Crippen LogP contribution in [0.5, 0.6) is 0 Å². The average molecular weight is 215 g/mol. The summed E-state index contributed by atoms with van der Waals surface area (Å²) < 4.78 is 4.93. The Bertz CT molecular complexity index is 336. The summed E-state index contributed by atoms with van der Waals surface area (Å²) in [5.41, 5.74) is 1.89. The third kappa shape index (κ3) is 3.36. The molecule has 0 heterocycles. The second-order valence-electron chi connectivity index (χ2n) is 2.97. The number of benzene rings is 1. The summed E-state index contributed by atoms with van der Waals surface area (Å²) in [6.07, 6.45) is 0. The molecule has 0 radical (unpaired) electrons. The standard InChI is InChI=1S/C10H11ClO3/c1-7-4-8(2-3-9(7)11)5-14-6-10(12)13/h2-4H,5-6H2,1H3,(H,12,13). The molecule has 1 aromatic carbocycles. The predicted molar refractivity (Wildman–Crippen MR) is 53.5 cm³/mol. The molecule has 0 fully saturated rings. The second kappa shape index (κ2) is 4.98. The number of aryl methyl sites for hydroxylation is 1. The van der Waals surface area contributed by atoms with Crippen molar-refractivity contribution in [2.24, 2.45) is 0 Å². The zero-order valence-corrected chi connectivity index (χ0v) is 8.54. The number of carboxylic acids is 1. The van der Waals surface area contributed by atoms with Crippen molar-refractivity contribution in [1.29, 1.82) is 0 Å². The monoisotopic (exact) mass is 214 g/mol. The molecular formula is C10H11ClO3. The molecule has 4 heteroatoms. The SMILES string of the molecule is Cc1cc(COCC(=O)O)ccc1Cl. The van der Waals surface area contributed by atoms with Crippen molar-refractivity contribution in [2.75, 3.05) is 6.61 Å². The van der Waals surface area contributed by atoms with Crippen LogP contribution >= 0.6 is 11.6 Å². The summed E-state index contributed by atoms with van der Waals surface area (Å²) in [6.45, 7) is 1.91. The summed E-state index contributed by atoms with van der Waals surface area (Å²) in [5, 5.41) is 9.04. The molecule has 1 aromatic rings. The van der Waals surface area contributed by atoms with Crippen molar-refractivity contribution in [2.45, 2.75) is 13.5 Å². The Morgan fingerprint density at radius 3 is 2.86 bits per heavy atom. The van der Waals surface area contributed by atoms with Crippen molar-refractivity contribution in [3.63, 3.8) is 0 Å². The van der Waals surface area contributed by atoms with Crippen LogP contribution in [0, 0.1) is 6.92 Å². The van der Waals surface area contributed by atoms with E-state index >= 15 is 0 Å². The van der Waals surface area contributed by atoms with E-state index in [1.165, 1.54) is 0 Å². The Hall–Kier alpha value is -1.06. The highest BCUT2D eigenvalue weighted by molar-refractivity contribution is 6.31. The number of halogens is 1. The number of ether oxygens (including phenoxy) is 1. The molecule has 76 valence electrons. The zero-order valence-electron chi connectivity index (χ0n) is 7.79. The van der Waals surface area contributed by atoms with Crippen molar-refractivity contribution in [1.82, 2.24) is 0 Å². The van der Waals surface area contributed by atoms with Crippen LogP contribution in [0.2, 0.25) is 5.02 Å². The molecule has 14 heavy (non-hydrogen) atoms. The first-order valence-electron chi connectivity index (χ1n) is 4.14. The molecule has 0 aliphatic carbocycles. The topological polar surface area (TPSA) is 46.5 Å². The summed E-state index contributed by atoms with van der Waals surface area (Å²) in [5.74, 6) is -0.962. The second-order valence-corrected chi connectivity index (χ2v) is 3.38. The van der Waals surface area contributed by atoms with Gasteiger partial charge in [-0.1, -0.05) is 23.7 Å². The van der Waals surface area contributed by atoms with Gasteiger partial charge in [0.25, 0.3) is 0 Å². The fraction of sp³-hybridized carbons (Fsp3) is 0.300. The Morgan fingerprint density at radius 1 is 1.57 bits per heavy atom. The Morgan fingerprint density at radius 2 is 2.29 bits per heavy atom. The smallest absolute Gasteiger partial charge is 0.329 e. The predicted octanol–water partition coefficient (Wildman–Crippen LogP) is 2.25. The van der Waals surface area contributed by atoms with Crippen LogP contribution in [0.1, 0.15) is 11.1 Å². The average Bonchev–Trinajstić information content (AvgIpc) is 2.10. The first-order valence-corrected chi connectivity index (χ1v) is 4.52. The molecule has 0 amide bonds. The molecule has 0 saturated carbocycles. The van der Waals surface area contributed by atoms with Crippen LogP contribution < -0.4 is 0 Å². The highest BCUT2D eigenvalue weighted by Gasteiger charge is 2.00. The lowest BCUT2D eigenvalue weighted by Gasteiger charge is -2.03. The molecule has 1 rings (SSSR count). The van der Waals surface area contributed by atoms with Gasteiger partial charge in [0.15, 0.2) is 0 Å². The number of carboxylic acid groups (broad SMARTS) is 1. The summed E-state index contributed by atoms with van der Waals surface area (Å²) in [7, 11) is 0. The van der Waals surface area contributed by atoms with Crippen molar-refractivity contribution >= 4 is 17.6 Å². The van der Waals surface area contributed by atoms with Crippen molar-refractivity contribution < 1.29 is 14.6 Å². The van der Waals surface area contributed by atoms with Gasteiger partial charge in [-0.05, 0) is 24.1 Å². The molecule has 0 bridgehead atoms. The highest BCUT2D eigenvalue weighted by atomic mass is 35.5. The van der Waals surface area contributed by atoms with Crippen LogP contribution in [0.25, 0.3) is 0 Å². The van der Waals surface area contributed by atoms with Gasteiger partial charge >= 0.3 is 5.97 Å². The van der Waals surface area contributed by atoms with Gasteiger partial charge in [-0.3, -0.25) is 0 Å². The number of carbonyl (C=O) groups is 1. The lowest BCUT2D eigenvalue weighted by Crippen LogP contribution is -2.06. The van der Waals surface area contributed by atoms with Crippen LogP contribution in [0.3, 0.4) is 0 Å². The van der Waals surface area contributed by atoms with E-state index in [0.29, 0.717) is 11.6 Å². The van der Waals surface area contributed by atoms with Crippen LogP contribution in [-0.4, -0.2) is 17.7 Å². The molecule has 3 nitrogen and oxygen atoms in total. The zero-order chi connectivity index (χ0) is 10.6. The van der Waals surface area contributed by atoms with Gasteiger partial charge in [0, 0.05) is 5.02 Å². The molecule has 0 aliphatic heterocycles. The lowest BCUT2D eigenvalue weighted by atomic mass is 10.1. The van der Waals surface area contributed by atoms with E-state index in [0.717, 1.165) is 11.1 Å². The lowest BCUT2D eigenvalue weighted by molar-refractivity contribution is -0.142. The van der Waals surface area contributed by atoms with E-state index < -0.39 is 5.97 Å². The van der Waals surface area contributed by atoms with Gasteiger partial charge in [-0.15, -0.1) is 0 Å². The van der Waals surface area contributed by atoms with Crippen molar-refractivity contribution in [3.05, 3.63) is 34.3 Å². The molecule has 1 N–H and O–H groups in total. The third-order valence-corrected chi connectivity index (χ3v) is 2.14. The van der Waals surface area contributed by atoms with Crippen LogP contribution in [-0.2, 0) is 16.1 Å². The minimum Gasteiger partial charge on any atom is -0.480 e. The third-order valence-electron chi connectivity index (χ3n) is 1.72. The fourth-order valence-corrected chi connectivity index (χ4v) is 1.17. The molecule has 0 atom stereocenters. The quantitative estimate of drug-likeness (QED) is 0.836.